The smallest absolute Gasteiger partial charge is 0.407 e. The summed E-state index contributed by atoms with van der Waals surface area (Å²) in [7, 11) is 0. The molecule has 11 nitrogen and oxygen atoms in total. The van der Waals surface area contributed by atoms with Crippen molar-refractivity contribution in [3.63, 3.8) is 0 Å². The molecule has 0 saturated heterocycles. The lowest BCUT2D eigenvalue weighted by atomic mass is 9.90. The summed E-state index contributed by atoms with van der Waals surface area (Å²) in [6.07, 6.45) is 40.9. The van der Waals surface area contributed by atoms with Crippen LogP contribution in [0, 0.1) is 0 Å². The molecule has 0 aromatic heterocycles. The number of carboxylic acid groups (broad SMARTS) is 1. The monoisotopic (exact) mass is 1190 g/mol. The third-order valence-corrected chi connectivity index (χ3v) is 17.1. The highest BCUT2D eigenvalue weighted by Crippen LogP contribution is 2.42. The van der Waals surface area contributed by atoms with Gasteiger partial charge in [0.1, 0.15) is 18.0 Å². The van der Waals surface area contributed by atoms with E-state index in [-0.39, 0.29) is 18.8 Å². The number of hydrogen-bond acceptors (Lipinski definition) is 8. The van der Waals surface area contributed by atoms with Gasteiger partial charge in [0.25, 0.3) is 0 Å². The molecule has 0 unspecified atom stereocenters. The third kappa shape index (κ3) is 27.1. The lowest BCUT2D eigenvalue weighted by Gasteiger charge is -2.26. The Bertz CT molecular complexity index is 2870. The predicted molar refractivity (Wildman–Crippen MR) is 358 cm³/mol. The van der Waals surface area contributed by atoms with Crippen LogP contribution in [0.15, 0.2) is 126 Å². The van der Waals surface area contributed by atoms with Crippen LogP contribution in [0.25, 0.3) is 33.4 Å². The number of anilines is 1. The summed E-state index contributed by atoms with van der Waals surface area (Å²) >= 11 is 0. The van der Waals surface area contributed by atoms with Crippen LogP contribution in [0.1, 0.15) is 241 Å². The first-order valence-corrected chi connectivity index (χ1v) is 34.4. The van der Waals surface area contributed by atoms with Gasteiger partial charge < -0.3 is 39.3 Å². The van der Waals surface area contributed by atoms with Crippen LogP contribution in [-0.4, -0.2) is 57.5 Å². The molecule has 0 spiro atoms. The van der Waals surface area contributed by atoms with E-state index in [1.807, 2.05) is 84.9 Å². The summed E-state index contributed by atoms with van der Waals surface area (Å²) < 4.78 is 20.7. The van der Waals surface area contributed by atoms with E-state index < -0.39 is 18.2 Å². The molecule has 0 atom stereocenters. The first-order chi connectivity index (χ1) is 42.8. The number of rotatable bonds is 47. The van der Waals surface area contributed by atoms with Gasteiger partial charge in [-0.1, -0.05) is 291 Å². The van der Waals surface area contributed by atoms with Crippen LogP contribution >= 0.6 is 0 Å². The van der Waals surface area contributed by atoms with Crippen molar-refractivity contribution in [1.29, 1.82) is 0 Å². The number of alkyl carbamates (subject to hydrolysis) is 2. The molecule has 474 valence electrons. The number of carbonyl (C=O) groups is 3. The number of hydrogen-bond donors (Lipinski definition) is 2. The number of benzene rings is 5. The number of carboxylic acids is 1. The first-order valence-electron chi connectivity index (χ1n) is 34.4. The fraction of sp³-hybridized carbons (Fsp3) is 0.553. The Morgan fingerprint density at radius 3 is 1.45 bits per heavy atom. The van der Waals surface area contributed by atoms with Crippen molar-refractivity contribution in [2.24, 2.45) is 0 Å². The highest BCUT2D eigenvalue weighted by Gasteiger charge is 2.23. The molecule has 0 fully saturated rings. The molecule has 4 aromatic rings. The third-order valence-electron chi connectivity index (χ3n) is 17.1. The molecule has 87 heavy (non-hydrogen) atoms. The van der Waals surface area contributed by atoms with Crippen LogP contribution in [0.2, 0.25) is 0 Å². The Morgan fingerprint density at radius 2 is 0.943 bits per heavy atom. The van der Waals surface area contributed by atoms with E-state index in [1.165, 1.54) is 180 Å². The van der Waals surface area contributed by atoms with Crippen LogP contribution in [-0.2, 0) is 22.6 Å². The Morgan fingerprint density at radius 1 is 0.483 bits per heavy atom. The quantitative estimate of drug-likeness (QED) is 0.0219. The summed E-state index contributed by atoms with van der Waals surface area (Å²) in [5.74, 6) is -0.720. The maximum absolute atomic E-state index is 13.0. The Kier molecular flexibility index (Phi) is 34.4. The summed E-state index contributed by atoms with van der Waals surface area (Å²) in [6, 6.07) is 39.3. The summed E-state index contributed by atoms with van der Waals surface area (Å²) in [4.78, 5) is 40.9. The Balaban J connectivity index is 1.07. The van der Waals surface area contributed by atoms with E-state index >= 15 is 0 Å². The SMILES string of the molecule is CCCCCCCCCCCCCCCCCCNC(=O)OCCN(Cc1ccccc1)c1ccc2c(-c3ccccc3C(=O)[O-])c3ccc(=[N+](CCOC(=O)NCCCCCCCCCCCCCCCCCC)Cc4ccccc4)cc-3oc2c1. The van der Waals surface area contributed by atoms with Crippen molar-refractivity contribution in [2.45, 2.75) is 232 Å². The molecule has 0 bridgehead atoms. The molecule has 1 heterocycles. The number of fused-ring (bicyclic) bond motifs is 2. The second-order valence-electron chi connectivity index (χ2n) is 24.2. The molecule has 1 aliphatic carbocycles. The Labute approximate surface area is 523 Å². The standard InChI is InChI=1S/C76H108N4O7/c1-3-5-7-9-11-13-15-17-19-21-23-25-27-29-31-41-53-77-75(83)85-57-55-79(61-63-43-35-33-36-44-63)65-49-51-69-71(59-65)87-72-60-66(50-52-70(72)73(69)67-47-39-40-48-68(67)74(81)82)80(62-64-45-37-34-38-46-64)56-58-86-76(84)78-54-42-32-30-28-26-24-22-20-18-16-14-12-10-8-6-4-2/h33-40,43-52,59-60H,3-32,41-42,53-58,61-62H2,1-2H3,(H2-,77,78,81,82,83,84). The van der Waals surface area contributed by atoms with E-state index in [0.717, 1.165) is 58.8 Å². The molecular formula is C76H108N4O7. The highest BCUT2D eigenvalue weighted by atomic mass is 16.6. The fourth-order valence-electron chi connectivity index (χ4n) is 12.0. The zero-order chi connectivity index (χ0) is 61.2. The number of aromatic carboxylic acids is 1. The van der Waals surface area contributed by atoms with Gasteiger partial charge in [-0.3, -0.25) is 0 Å². The molecule has 1 aliphatic heterocycles. The fourth-order valence-corrected chi connectivity index (χ4v) is 12.0. The molecule has 0 saturated carbocycles. The normalized spacial score (nSPS) is 11.7. The van der Waals surface area contributed by atoms with E-state index in [9.17, 15) is 19.5 Å². The summed E-state index contributed by atoms with van der Waals surface area (Å²) in [6.45, 7) is 7.98. The first kappa shape index (κ1) is 69.5. The Hall–Kier alpha value is -6.62. The van der Waals surface area contributed by atoms with E-state index in [2.05, 4.69) is 58.2 Å². The average molecular weight is 1190 g/mol. The van der Waals surface area contributed by atoms with Crippen molar-refractivity contribution in [3.8, 4) is 22.5 Å². The van der Waals surface area contributed by atoms with Gasteiger partial charge in [-0.05, 0) is 42.2 Å². The minimum Gasteiger partial charge on any atom is -0.545 e. The van der Waals surface area contributed by atoms with Crippen molar-refractivity contribution < 1.29 is 33.4 Å². The van der Waals surface area contributed by atoms with Gasteiger partial charge in [0.2, 0.25) is 5.36 Å². The molecule has 6 rings (SSSR count). The van der Waals surface area contributed by atoms with Crippen LogP contribution < -0.4 is 30.6 Å². The second kappa shape index (κ2) is 43.1. The van der Waals surface area contributed by atoms with Gasteiger partial charge in [-0.2, -0.15) is 0 Å². The summed E-state index contributed by atoms with van der Waals surface area (Å²) in [5, 5.41) is 20.3. The van der Waals surface area contributed by atoms with Crippen LogP contribution in [0.3, 0.4) is 0 Å². The van der Waals surface area contributed by atoms with Gasteiger partial charge in [0.15, 0.2) is 19.7 Å². The van der Waals surface area contributed by atoms with Gasteiger partial charge in [0, 0.05) is 65.1 Å². The number of unbranched alkanes of at least 4 members (excludes halogenated alkanes) is 30. The maximum Gasteiger partial charge on any atom is 0.407 e. The van der Waals surface area contributed by atoms with Crippen molar-refractivity contribution >= 4 is 34.8 Å². The second-order valence-corrected chi connectivity index (χ2v) is 24.2. The minimum atomic E-state index is -1.27. The molecular weight excluding hydrogens is 1080 g/mol. The van der Waals surface area contributed by atoms with Crippen LogP contribution in [0.5, 0.6) is 0 Å². The molecule has 0 radical (unpaired) electrons. The summed E-state index contributed by atoms with van der Waals surface area (Å²) in [5.41, 5.74) is 5.61. The predicted octanol–water partition coefficient (Wildman–Crippen LogP) is 18.5. The number of nitrogens with one attached hydrogen (secondary N) is 2. The van der Waals surface area contributed by atoms with E-state index in [0.29, 0.717) is 61.7 Å². The van der Waals surface area contributed by atoms with Crippen molar-refractivity contribution in [2.75, 3.05) is 44.3 Å². The molecule has 4 aromatic carbocycles. The largest absolute Gasteiger partial charge is 0.545 e. The van der Waals surface area contributed by atoms with Crippen LogP contribution in [0.4, 0.5) is 15.3 Å². The van der Waals surface area contributed by atoms with Gasteiger partial charge in [0.05, 0.1) is 18.6 Å². The number of nitrogens with zero attached hydrogens (tertiary/aromatic N) is 2. The number of ether oxygens (including phenoxy) is 2. The minimum absolute atomic E-state index is 0.0753. The van der Waals surface area contributed by atoms with Gasteiger partial charge >= 0.3 is 12.2 Å². The topological polar surface area (TPSA) is 136 Å². The highest BCUT2D eigenvalue weighted by molar-refractivity contribution is 6.07. The van der Waals surface area contributed by atoms with Gasteiger partial charge in [-0.15, -0.1) is 0 Å². The average Bonchev–Trinajstić information content (AvgIpc) is 0.937. The lowest BCUT2D eigenvalue weighted by molar-refractivity contribution is -0.254. The molecule has 2 amide bonds. The number of carbonyl (C=O) groups excluding carboxylic acids is 3. The van der Waals surface area contributed by atoms with Crippen molar-refractivity contribution in [3.05, 3.63) is 143 Å². The zero-order valence-corrected chi connectivity index (χ0v) is 53.6. The van der Waals surface area contributed by atoms with E-state index in [1.54, 1.807) is 12.1 Å². The van der Waals surface area contributed by atoms with Gasteiger partial charge in [-0.25, -0.2) is 14.2 Å². The van der Waals surface area contributed by atoms with E-state index in [4.69, 9.17) is 13.9 Å². The van der Waals surface area contributed by atoms with Crippen molar-refractivity contribution in [1.82, 2.24) is 15.2 Å². The lowest BCUT2D eigenvalue weighted by Crippen LogP contribution is -2.34. The molecule has 2 N–H and O–H groups in total. The molecule has 11 heteroatoms. The zero-order valence-electron chi connectivity index (χ0n) is 53.6. The maximum atomic E-state index is 13.0. The molecule has 2 aliphatic rings. The number of amides is 2.